The van der Waals surface area contributed by atoms with Crippen molar-refractivity contribution in [3.63, 3.8) is 0 Å². The van der Waals surface area contributed by atoms with Gasteiger partial charge in [0.15, 0.2) is 6.29 Å². The number of carbonyl (C=O) groups excluding carboxylic acids is 1. The molecule has 1 aromatic carbocycles. The molecule has 0 aliphatic carbocycles. The Bertz CT molecular complexity index is 655. The van der Waals surface area contributed by atoms with Crippen molar-refractivity contribution in [2.24, 2.45) is 11.3 Å². The Morgan fingerprint density at radius 2 is 1.96 bits per heavy atom. The van der Waals surface area contributed by atoms with Gasteiger partial charge >= 0.3 is 5.97 Å². The van der Waals surface area contributed by atoms with Crippen molar-refractivity contribution in [3.8, 4) is 5.75 Å². The van der Waals surface area contributed by atoms with Crippen molar-refractivity contribution < 1.29 is 28.5 Å². The molecule has 28 heavy (non-hydrogen) atoms. The molecular weight excluding hydrogens is 360 g/mol. The number of rotatable bonds is 9. The molecule has 1 aliphatic rings. The number of methoxy groups -OCH3 is 2. The third-order valence-corrected chi connectivity index (χ3v) is 5.47. The van der Waals surface area contributed by atoms with E-state index >= 15 is 0 Å². The molecule has 1 aromatic rings. The Hall–Kier alpha value is -1.89. The topological polar surface area (TPSA) is 63.2 Å². The second-order valence-corrected chi connectivity index (χ2v) is 7.30. The Kier molecular flexibility index (Phi) is 8.04. The van der Waals surface area contributed by atoms with Gasteiger partial charge in [0.2, 0.25) is 0 Å². The molecule has 0 radical (unpaired) electrons. The molecule has 1 heterocycles. The van der Waals surface area contributed by atoms with Gasteiger partial charge < -0.3 is 23.7 Å². The highest BCUT2D eigenvalue weighted by Gasteiger charge is 2.57. The fourth-order valence-electron chi connectivity index (χ4n) is 3.71. The molecule has 1 aliphatic heterocycles. The lowest BCUT2D eigenvalue weighted by Gasteiger charge is -2.38. The largest absolute Gasteiger partial charge is 0.497 e. The molecule has 6 nitrogen and oxygen atoms in total. The molecule has 2 rings (SSSR count). The van der Waals surface area contributed by atoms with E-state index in [1.165, 1.54) is 6.92 Å². The van der Waals surface area contributed by atoms with E-state index in [9.17, 15) is 4.79 Å². The van der Waals surface area contributed by atoms with Crippen LogP contribution in [0.15, 0.2) is 36.4 Å². The summed E-state index contributed by atoms with van der Waals surface area (Å²) in [5, 5.41) is 0. The first-order chi connectivity index (χ1) is 13.4. The third kappa shape index (κ3) is 4.93. The van der Waals surface area contributed by atoms with Gasteiger partial charge in [-0.2, -0.15) is 0 Å². The van der Waals surface area contributed by atoms with Gasteiger partial charge in [0, 0.05) is 14.0 Å². The van der Waals surface area contributed by atoms with Crippen LogP contribution in [0.5, 0.6) is 5.75 Å². The number of carbonyl (C=O) groups is 1. The Morgan fingerprint density at radius 1 is 1.29 bits per heavy atom. The lowest BCUT2D eigenvalue weighted by molar-refractivity contribution is -0.172. The van der Waals surface area contributed by atoms with Crippen LogP contribution in [0.1, 0.15) is 33.3 Å². The molecule has 0 spiro atoms. The van der Waals surface area contributed by atoms with Gasteiger partial charge in [-0.3, -0.25) is 4.79 Å². The van der Waals surface area contributed by atoms with Crippen molar-refractivity contribution in [1.29, 1.82) is 0 Å². The molecule has 1 unspecified atom stereocenters. The number of ether oxygens (including phenoxy) is 5. The molecule has 156 valence electrons. The van der Waals surface area contributed by atoms with Gasteiger partial charge in [0.25, 0.3) is 0 Å². The van der Waals surface area contributed by atoms with Gasteiger partial charge in [-0.15, -0.1) is 0 Å². The Morgan fingerprint density at radius 3 is 2.50 bits per heavy atom. The highest BCUT2D eigenvalue weighted by atomic mass is 16.7. The minimum atomic E-state index is -0.472. The van der Waals surface area contributed by atoms with Crippen LogP contribution in [0.2, 0.25) is 0 Å². The van der Waals surface area contributed by atoms with Gasteiger partial charge in [0.1, 0.15) is 18.5 Å². The summed E-state index contributed by atoms with van der Waals surface area (Å²) in [6, 6.07) is 7.74. The summed E-state index contributed by atoms with van der Waals surface area (Å²) in [5.41, 5.74) is 0.576. The second kappa shape index (κ2) is 10.0. The highest BCUT2D eigenvalue weighted by molar-refractivity contribution is 5.65. The molecular formula is C22H32O6. The molecule has 0 bridgehead atoms. The maximum Gasteiger partial charge on any atom is 0.302 e. The second-order valence-electron chi connectivity index (χ2n) is 7.30. The van der Waals surface area contributed by atoms with E-state index in [0.717, 1.165) is 11.3 Å². The third-order valence-electron chi connectivity index (χ3n) is 5.47. The first kappa shape index (κ1) is 22.4. The first-order valence-corrected chi connectivity index (χ1v) is 9.55. The number of allylic oxidation sites excluding steroid dienone is 2. The van der Waals surface area contributed by atoms with Crippen LogP contribution in [0.4, 0.5) is 0 Å². The van der Waals surface area contributed by atoms with E-state index in [1.54, 1.807) is 14.2 Å². The minimum absolute atomic E-state index is 0.126. The van der Waals surface area contributed by atoms with Crippen LogP contribution >= 0.6 is 0 Å². The average Bonchev–Trinajstić information content (AvgIpc) is 2.97. The van der Waals surface area contributed by atoms with E-state index < -0.39 is 17.8 Å². The average molecular weight is 392 g/mol. The number of esters is 1. The first-order valence-electron chi connectivity index (χ1n) is 9.55. The van der Waals surface area contributed by atoms with Gasteiger partial charge in [0.05, 0.1) is 25.2 Å². The molecule has 0 aromatic heterocycles. The molecule has 0 saturated carbocycles. The van der Waals surface area contributed by atoms with E-state index in [-0.39, 0.29) is 24.6 Å². The van der Waals surface area contributed by atoms with E-state index in [1.807, 2.05) is 37.3 Å². The van der Waals surface area contributed by atoms with Crippen molar-refractivity contribution in [1.82, 2.24) is 0 Å². The van der Waals surface area contributed by atoms with Crippen LogP contribution in [-0.2, 0) is 30.3 Å². The fraction of sp³-hybridized carbons (Fsp3) is 0.591. The van der Waals surface area contributed by atoms with E-state index in [0.29, 0.717) is 6.61 Å². The molecule has 1 fully saturated rings. The maximum absolute atomic E-state index is 11.3. The quantitative estimate of drug-likeness (QED) is 0.471. The SMILES string of the molecule is C/C=C\C(C)[C@]1(C)[C@@H](OC)O[C@H](COC(C)=O)[C@@H]1OCc1ccc(OC)cc1. The lowest BCUT2D eigenvalue weighted by atomic mass is 9.72. The van der Waals surface area contributed by atoms with Crippen molar-refractivity contribution in [3.05, 3.63) is 42.0 Å². The van der Waals surface area contributed by atoms with Gasteiger partial charge in [-0.25, -0.2) is 0 Å². The zero-order valence-electron chi connectivity index (χ0n) is 17.6. The number of hydrogen-bond acceptors (Lipinski definition) is 6. The molecule has 6 heteroatoms. The van der Waals surface area contributed by atoms with Crippen molar-refractivity contribution in [2.75, 3.05) is 20.8 Å². The van der Waals surface area contributed by atoms with Crippen LogP contribution in [-0.4, -0.2) is 45.3 Å². The van der Waals surface area contributed by atoms with E-state index in [2.05, 4.69) is 19.9 Å². The Labute approximate surface area is 167 Å². The standard InChI is InChI=1S/C22H32O6/c1-7-8-15(2)22(4)20(19(14-26-16(3)23)28-21(22)25-6)27-13-17-9-11-18(24-5)12-10-17/h7-12,15,19-21H,13-14H2,1-6H3/b8-7-/t15?,19-,20+,21+,22+/m1/s1. The summed E-state index contributed by atoms with van der Waals surface area (Å²) in [6.45, 7) is 8.12. The van der Waals surface area contributed by atoms with Crippen LogP contribution in [0.3, 0.4) is 0 Å². The number of benzene rings is 1. The lowest BCUT2D eigenvalue weighted by Crippen LogP contribution is -2.46. The summed E-state index contributed by atoms with van der Waals surface area (Å²) >= 11 is 0. The predicted octanol–water partition coefficient (Wildman–Crippen LogP) is 3.73. The zero-order valence-corrected chi connectivity index (χ0v) is 17.6. The minimum Gasteiger partial charge on any atom is -0.497 e. The smallest absolute Gasteiger partial charge is 0.302 e. The van der Waals surface area contributed by atoms with Crippen molar-refractivity contribution >= 4 is 5.97 Å². The predicted molar refractivity (Wildman–Crippen MR) is 106 cm³/mol. The summed E-state index contributed by atoms with van der Waals surface area (Å²) in [7, 11) is 3.26. The molecule has 0 N–H and O–H groups in total. The summed E-state index contributed by atoms with van der Waals surface area (Å²) in [6.07, 6.45) is 2.94. The molecule has 0 amide bonds. The van der Waals surface area contributed by atoms with Crippen LogP contribution in [0, 0.1) is 11.3 Å². The summed E-state index contributed by atoms with van der Waals surface area (Å²) in [4.78, 5) is 11.3. The molecule has 5 atom stereocenters. The van der Waals surface area contributed by atoms with Crippen LogP contribution < -0.4 is 4.74 Å². The summed E-state index contributed by atoms with van der Waals surface area (Å²) < 4.78 is 28.5. The highest BCUT2D eigenvalue weighted by Crippen LogP contribution is 2.47. The Balaban J connectivity index is 2.24. The van der Waals surface area contributed by atoms with E-state index in [4.69, 9.17) is 23.7 Å². The molecule has 1 saturated heterocycles. The van der Waals surface area contributed by atoms with Crippen molar-refractivity contribution in [2.45, 2.75) is 52.8 Å². The fourth-order valence-corrected chi connectivity index (χ4v) is 3.71. The van der Waals surface area contributed by atoms with Gasteiger partial charge in [-0.05, 0) is 30.5 Å². The number of hydrogen-bond donors (Lipinski definition) is 0. The van der Waals surface area contributed by atoms with Gasteiger partial charge in [-0.1, -0.05) is 38.1 Å². The zero-order chi connectivity index (χ0) is 20.7. The monoisotopic (exact) mass is 392 g/mol. The normalized spacial score (nSPS) is 28.4. The van der Waals surface area contributed by atoms with Crippen LogP contribution in [0.25, 0.3) is 0 Å². The maximum atomic E-state index is 11.3. The summed E-state index contributed by atoms with van der Waals surface area (Å²) in [5.74, 6) is 0.582.